The molecular formula is C9H6N4O4S2. The normalized spacial score (nSPS) is 10.4. The fraction of sp³-hybridized carbons (Fsp3) is 0.111. The van der Waals surface area contributed by atoms with Gasteiger partial charge in [0.2, 0.25) is 0 Å². The molecule has 0 atom stereocenters. The van der Waals surface area contributed by atoms with Gasteiger partial charge in [0.25, 0.3) is 5.69 Å². The number of hydrogen-bond donors (Lipinski definition) is 1. The summed E-state index contributed by atoms with van der Waals surface area (Å²) < 4.78 is 4.49. The summed E-state index contributed by atoms with van der Waals surface area (Å²) in [6, 6.07) is 0.978. The lowest BCUT2D eigenvalue weighted by atomic mass is 10.3. The van der Waals surface area contributed by atoms with Gasteiger partial charge in [0.15, 0.2) is 4.34 Å². The van der Waals surface area contributed by atoms with Gasteiger partial charge in [-0.15, -0.1) is 0 Å². The lowest BCUT2D eigenvalue weighted by molar-refractivity contribution is -0.385. The summed E-state index contributed by atoms with van der Waals surface area (Å²) in [7, 11) is 0. The Hall–Kier alpha value is -2.07. The Kier molecular flexibility index (Phi) is 3.71. The van der Waals surface area contributed by atoms with Crippen molar-refractivity contribution in [1.29, 1.82) is 0 Å². The van der Waals surface area contributed by atoms with E-state index in [-0.39, 0.29) is 16.3 Å². The predicted molar refractivity (Wildman–Crippen MR) is 66.6 cm³/mol. The van der Waals surface area contributed by atoms with E-state index in [4.69, 9.17) is 5.11 Å². The van der Waals surface area contributed by atoms with E-state index in [1.807, 2.05) is 0 Å². The molecule has 0 saturated heterocycles. The zero-order chi connectivity index (χ0) is 14.0. The van der Waals surface area contributed by atoms with Gasteiger partial charge in [-0.25, -0.2) is 14.8 Å². The number of hydrogen-bond acceptors (Lipinski definition) is 8. The molecule has 0 aliphatic carbocycles. The first kappa shape index (κ1) is 13.4. The van der Waals surface area contributed by atoms with E-state index in [0.29, 0.717) is 10.2 Å². The van der Waals surface area contributed by atoms with Crippen molar-refractivity contribution in [2.24, 2.45) is 0 Å². The average Bonchev–Trinajstić information content (AvgIpc) is 2.74. The van der Waals surface area contributed by atoms with Crippen LogP contribution in [0.2, 0.25) is 0 Å². The van der Waals surface area contributed by atoms with Gasteiger partial charge in [-0.05, 0) is 30.2 Å². The number of carbonyl (C=O) groups is 1. The summed E-state index contributed by atoms with van der Waals surface area (Å²) >= 11 is 2.12. The molecule has 0 unspecified atom stereocenters. The number of aromatic carboxylic acids is 1. The molecule has 0 bridgehead atoms. The maximum atomic E-state index is 11.1. The number of pyridine rings is 1. The number of nitrogens with zero attached hydrogens (tertiary/aromatic N) is 4. The van der Waals surface area contributed by atoms with Crippen LogP contribution < -0.4 is 0 Å². The minimum Gasteiger partial charge on any atom is -0.478 e. The third-order valence-corrected chi connectivity index (χ3v) is 3.83. The molecule has 0 aromatic carbocycles. The summed E-state index contributed by atoms with van der Waals surface area (Å²) in [5.41, 5.74) is -0.595. The van der Waals surface area contributed by atoms with E-state index in [9.17, 15) is 14.9 Å². The number of aromatic nitrogens is 3. The number of aryl methyl sites for hydroxylation is 1. The first-order chi connectivity index (χ1) is 8.97. The quantitative estimate of drug-likeness (QED) is 0.672. The Morgan fingerprint density at radius 2 is 2.32 bits per heavy atom. The van der Waals surface area contributed by atoms with Crippen LogP contribution in [-0.4, -0.2) is 30.3 Å². The monoisotopic (exact) mass is 298 g/mol. The molecule has 2 heterocycles. The van der Waals surface area contributed by atoms with Crippen LogP contribution in [0.15, 0.2) is 21.6 Å². The van der Waals surface area contributed by atoms with Crippen molar-refractivity contribution in [1.82, 2.24) is 14.3 Å². The van der Waals surface area contributed by atoms with Crippen molar-refractivity contribution in [2.75, 3.05) is 0 Å². The van der Waals surface area contributed by atoms with Crippen LogP contribution in [0, 0.1) is 17.0 Å². The minimum atomic E-state index is -1.28. The van der Waals surface area contributed by atoms with Crippen molar-refractivity contribution in [3.63, 3.8) is 0 Å². The van der Waals surface area contributed by atoms with Gasteiger partial charge in [0.05, 0.1) is 10.5 Å². The highest BCUT2D eigenvalue weighted by atomic mass is 32.2. The highest BCUT2D eigenvalue weighted by molar-refractivity contribution is 8.01. The van der Waals surface area contributed by atoms with Crippen molar-refractivity contribution in [2.45, 2.75) is 16.3 Å². The van der Waals surface area contributed by atoms with E-state index < -0.39 is 10.9 Å². The van der Waals surface area contributed by atoms with Crippen LogP contribution in [0.5, 0.6) is 0 Å². The van der Waals surface area contributed by atoms with Gasteiger partial charge < -0.3 is 5.11 Å². The van der Waals surface area contributed by atoms with Crippen molar-refractivity contribution in [3.8, 4) is 0 Å². The Morgan fingerprint density at radius 3 is 2.84 bits per heavy atom. The van der Waals surface area contributed by atoms with Crippen LogP contribution in [-0.2, 0) is 0 Å². The first-order valence-electron chi connectivity index (χ1n) is 4.83. The number of carboxylic acid groups (broad SMARTS) is 1. The highest BCUT2D eigenvalue weighted by Gasteiger charge is 2.19. The molecule has 0 fully saturated rings. The van der Waals surface area contributed by atoms with Gasteiger partial charge in [-0.1, -0.05) is 0 Å². The van der Waals surface area contributed by atoms with Gasteiger partial charge in [-0.2, -0.15) is 4.37 Å². The molecule has 0 saturated carbocycles. The molecule has 0 aliphatic rings. The standard InChI is InChI=1S/C9H6N4O4S2/c1-4-11-9(19-12-4)18-7-6(8(14)15)2-5(3-10-7)13(16)17/h2-3H,1H3,(H,14,15). The fourth-order valence-electron chi connectivity index (χ4n) is 1.18. The number of nitro groups is 1. The van der Waals surface area contributed by atoms with Gasteiger partial charge >= 0.3 is 5.97 Å². The van der Waals surface area contributed by atoms with E-state index >= 15 is 0 Å². The SMILES string of the molecule is Cc1nsc(Sc2ncc([N+](=O)[O-])cc2C(=O)O)n1. The third kappa shape index (κ3) is 3.03. The molecule has 2 rings (SSSR count). The number of rotatable bonds is 4. The topological polar surface area (TPSA) is 119 Å². The average molecular weight is 298 g/mol. The second kappa shape index (κ2) is 5.28. The molecular weight excluding hydrogens is 292 g/mol. The maximum absolute atomic E-state index is 11.1. The van der Waals surface area contributed by atoms with Crippen LogP contribution >= 0.6 is 23.3 Å². The van der Waals surface area contributed by atoms with E-state index in [1.54, 1.807) is 6.92 Å². The highest BCUT2D eigenvalue weighted by Crippen LogP contribution is 2.31. The second-order valence-electron chi connectivity index (χ2n) is 3.32. The Bertz CT molecular complexity index is 657. The molecule has 8 nitrogen and oxygen atoms in total. The molecule has 0 radical (unpaired) electrons. The smallest absolute Gasteiger partial charge is 0.338 e. The molecule has 2 aromatic rings. The zero-order valence-electron chi connectivity index (χ0n) is 9.43. The summed E-state index contributed by atoms with van der Waals surface area (Å²) in [4.78, 5) is 28.9. The zero-order valence-corrected chi connectivity index (χ0v) is 11.1. The summed E-state index contributed by atoms with van der Waals surface area (Å²) in [5.74, 6) is -0.703. The first-order valence-corrected chi connectivity index (χ1v) is 6.42. The fourth-order valence-corrected chi connectivity index (χ4v) is 2.80. The van der Waals surface area contributed by atoms with Crippen LogP contribution in [0.1, 0.15) is 16.2 Å². The van der Waals surface area contributed by atoms with Gasteiger partial charge in [-0.3, -0.25) is 10.1 Å². The molecule has 0 spiro atoms. The van der Waals surface area contributed by atoms with Crippen molar-refractivity contribution in [3.05, 3.63) is 33.8 Å². The molecule has 0 amide bonds. The minimum absolute atomic E-state index is 0.147. The lowest BCUT2D eigenvalue weighted by Gasteiger charge is -2.01. The molecule has 0 aliphatic heterocycles. The van der Waals surface area contributed by atoms with Crippen molar-refractivity contribution >= 4 is 35.0 Å². The van der Waals surface area contributed by atoms with Gasteiger partial charge in [0, 0.05) is 6.07 Å². The Balaban J connectivity index is 2.39. The lowest BCUT2D eigenvalue weighted by Crippen LogP contribution is -2.02. The van der Waals surface area contributed by atoms with E-state index in [1.165, 1.54) is 0 Å². The molecule has 1 N–H and O–H groups in total. The van der Waals surface area contributed by atoms with Crippen LogP contribution in [0.3, 0.4) is 0 Å². The predicted octanol–water partition coefficient (Wildman–Crippen LogP) is 2.00. The Morgan fingerprint density at radius 1 is 1.58 bits per heavy atom. The summed E-state index contributed by atoms with van der Waals surface area (Å²) in [6.07, 6.45) is 1.02. The summed E-state index contributed by atoms with van der Waals surface area (Å²) in [6.45, 7) is 1.71. The van der Waals surface area contributed by atoms with Crippen LogP contribution in [0.25, 0.3) is 0 Å². The number of carboxylic acids is 1. The molecule has 10 heteroatoms. The van der Waals surface area contributed by atoms with Crippen LogP contribution in [0.4, 0.5) is 5.69 Å². The molecule has 98 valence electrons. The van der Waals surface area contributed by atoms with E-state index in [0.717, 1.165) is 35.6 Å². The molecule has 2 aromatic heterocycles. The Labute approximate surface area is 114 Å². The largest absolute Gasteiger partial charge is 0.478 e. The molecule has 19 heavy (non-hydrogen) atoms. The van der Waals surface area contributed by atoms with Crippen molar-refractivity contribution < 1.29 is 14.8 Å². The van der Waals surface area contributed by atoms with E-state index in [2.05, 4.69) is 14.3 Å². The third-order valence-electron chi connectivity index (χ3n) is 1.97. The summed E-state index contributed by atoms with van der Waals surface area (Å²) in [5, 5.41) is 19.8. The maximum Gasteiger partial charge on any atom is 0.338 e. The second-order valence-corrected chi connectivity index (χ2v) is 5.31. The van der Waals surface area contributed by atoms with Gasteiger partial charge in [0.1, 0.15) is 17.0 Å².